The first-order valence-electron chi connectivity index (χ1n) is 8.41. The Labute approximate surface area is 137 Å². The van der Waals surface area contributed by atoms with E-state index in [1.54, 1.807) is 0 Å². The van der Waals surface area contributed by atoms with Gasteiger partial charge in [0.1, 0.15) is 0 Å². The zero-order chi connectivity index (χ0) is 16.1. The molecule has 1 aliphatic carbocycles. The number of carbonyl (C=O) groups is 1. The Hall–Kier alpha value is -2.13. The smallest absolute Gasteiger partial charge is 0.252 e. The lowest BCUT2D eigenvalue weighted by Gasteiger charge is -2.39. The van der Waals surface area contributed by atoms with Crippen LogP contribution in [0.2, 0.25) is 0 Å². The van der Waals surface area contributed by atoms with Gasteiger partial charge >= 0.3 is 0 Å². The molecule has 0 atom stereocenters. The molecule has 3 heteroatoms. The summed E-state index contributed by atoms with van der Waals surface area (Å²) in [4.78, 5) is 12.9. The highest BCUT2D eigenvalue weighted by molar-refractivity contribution is 5.96. The molecule has 23 heavy (non-hydrogen) atoms. The van der Waals surface area contributed by atoms with Crippen LogP contribution in [0.5, 0.6) is 0 Å². The van der Waals surface area contributed by atoms with Gasteiger partial charge in [-0.2, -0.15) is 0 Å². The van der Waals surface area contributed by atoms with E-state index in [-0.39, 0.29) is 11.4 Å². The Balaban J connectivity index is 1.91. The fourth-order valence-corrected chi connectivity index (χ4v) is 3.60. The zero-order valence-corrected chi connectivity index (χ0v) is 13.4. The van der Waals surface area contributed by atoms with Gasteiger partial charge in [-0.1, -0.05) is 67.8 Å². The Kier molecular flexibility index (Phi) is 4.77. The van der Waals surface area contributed by atoms with E-state index >= 15 is 0 Å². The minimum absolute atomic E-state index is 0.0168. The molecule has 0 bridgehead atoms. The van der Waals surface area contributed by atoms with Crippen LogP contribution in [0.4, 0.5) is 0 Å². The molecule has 120 valence electrons. The second-order valence-electron chi connectivity index (χ2n) is 6.32. The van der Waals surface area contributed by atoms with Crippen molar-refractivity contribution < 1.29 is 4.79 Å². The maximum Gasteiger partial charge on any atom is 0.252 e. The van der Waals surface area contributed by atoms with Crippen molar-refractivity contribution in [3.05, 3.63) is 71.3 Å². The largest absolute Gasteiger partial charge is 0.343 e. The van der Waals surface area contributed by atoms with Gasteiger partial charge < -0.3 is 11.1 Å². The Morgan fingerprint density at radius 3 is 2.30 bits per heavy atom. The van der Waals surface area contributed by atoms with E-state index < -0.39 is 0 Å². The van der Waals surface area contributed by atoms with Gasteiger partial charge in [-0.05, 0) is 30.0 Å². The summed E-state index contributed by atoms with van der Waals surface area (Å²) in [5.74, 6) is -0.0168. The first kappa shape index (κ1) is 15.8. The zero-order valence-electron chi connectivity index (χ0n) is 13.4. The summed E-state index contributed by atoms with van der Waals surface area (Å²) < 4.78 is 0. The molecule has 0 unspecified atom stereocenters. The second-order valence-corrected chi connectivity index (χ2v) is 6.32. The lowest BCUT2D eigenvalue weighted by atomic mass is 9.76. The topological polar surface area (TPSA) is 55.1 Å². The monoisotopic (exact) mass is 308 g/mol. The molecule has 1 fully saturated rings. The highest BCUT2D eigenvalue weighted by atomic mass is 16.1. The lowest BCUT2D eigenvalue weighted by molar-refractivity contribution is 0.0865. The van der Waals surface area contributed by atoms with Crippen LogP contribution < -0.4 is 11.1 Å². The number of hydrogen-bond acceptors (Lipinski definition) is 2. The molecule has 2 aromatic carbocycles. The molecule has 0 saturated heterocycles. The van der Waals surface area contributed by atoms with E-state index in [2.05, 4.69) is 17.4 Å². The predicted molar refractivity (Wildman–Crippen MR) is 93.0 cm³/mol. The van der Waals surface area contributed by atoms with E-state index in [9.17, 15) is 4.79 Å². The maximum absolute atomic E-state index is 12.9. The summed E-state index contributed by atoms with van der Waals surface area (Å²) in [6.07, 6.45) is 5.52. The third-order valence-electron chi connectivity index (χ3n) is 4.87. The van der Waals surface area contributed by atoms with E-state index in [0.29, 0.717) is 12.1 Å². The molecule has 0 radical (unpaired) electrons. The summed E-state index contributed by atoms with van der Waals surface area (Å²) in [5.41, 5.74) is 8.32. The van der Waals surface area contributed by atoms with Crippen LogP contribution in [0.3, 0.4) is 0 Å². The highest BCUT2D eigenvalue weighted by Gasteiger charge is 2.35. The predicted octanol–water partition coefficient (Wildman–Crippen LogP) is 3.73. The van der Waals surface area contributed by atoms with Gasteiger partial charge in [-0.25, -0.2) is 0 Å². The van der Waals surface area contributed by atoms with E-state index in [1.807, 2.05) is 42.5 Å². The van der Waals surface area contributed by atoms with Crippen molar-refractivity contribution in [2.24, 2.45) is 5.73 Å². The van der Waals surface area contributed by atoms with Crippen LogP contribution in [-0.2, 0) is 12.1 Å². The molecular weight excluding hydrogens is 284 g/mol. The summed E-state index contributed by atoms with van der Waals surface area (Å²) in [7, 11) is 0. The molecule has 3 nitrogen and oxygen atoms in total. The molecule has 2 aromatic rings. The third-order valence-corrected chi connectivity index (χ3v) is 4.87. The van der Waals surface area contributed by atoms with E-state index in [4.69, 9.17) is 5.73 Å². The fraction of sp³-hybridized carbons (Fsp3) is 0.350. The van der Waals surface area contributed by atoms with Crippen molar-refractivity contribution in [3.63, 3.8) is 0 Å². The van der Waals surface area contributed by atoms with Crippen LogP contribution in [0.15, 0.2) is 54.6 Å². The quantitative estimate of drug-likeness (QED) is 0.904. The Bertz CT molecular complexity index is 660. The molecule has 1 aliphatic rings. The average Bonchev–Trinajstić information content (AvgIpc) is 2.63. The van der Waals surface area contributed by atoms with Gasteiger partial charge in [0.25, 0.3) is 5.91 Å². The Morgan fingerprint density at radius 1 is 0.957 bits per heavy atom. The number of nitrogens with one attached hydrogen (secondary N) is 1. The van der Waals surface area contributed by atoms with Crippen molar-refractivity contribution in [3.8, 4) is 0 Å². The van der Waals surface area contributed by atoms with E-state index in [1.165, 1.54) is 12.0 Å². The molecular formula is C20H24N2O. The molecule has 0 aromatic heterocycles. The fourth-order valence-electron chi connectivity index (χ4n) is 3.60. The van der Waals surface area contributed by atoms with Gasteiger partial charge in [0.2, 0.25) is 0 Å². The van der Waals surface area contributed by atoms with Gasteiger partial charge in [0.15, 0.2) is 0 Å². The number of amides is 1. The van der Waals surface area contributed by atoms with Gasteiger partial charge in [0, 0.05) is 12.1 Å². The van der Waals surface area contributed by atoms with Crippen LogP contribution in [0, 0.1) is 0 Å². The SMILES string of the molecule is NCc1ccccc1C(=O)NC1(c2ccccc2)CCCCC1. The van der Waals surface area contributed by atoms with Gasteiger partial charge in [-0.15, -0.1) is 0 Å². The lowest BCUT2D eigenvalue weighted by Crippen LogP contribution is -2.47. The number of carbonyl (C=O) groups excluding carboxylic acids is 1. The molecule has 0 spiro atoms. The van der Waals surface area contributed by atoms with Crippen molar-refractivity contribution in [1.82, 2.24) is 5.32 Å². The van der Waals surface area contributed by atoms with Crippen molar-refractivity contribution in [2.75, 3.05) is 0 Å². The van der Waals surface area contributed by atoms with Crippen molar-refractivity contribution >= 4 is 5.91 Å². The van der Waals surface area contributed by atoms with Gasteiger partial charge in [0.05, 0.1) is 5.54 Å². The maximum atomic E-state index is 12.9. The normalized spacial score (nSPS) is 16.7. The molecule has 0 aliphatic heterocycles. The van der Waals surface area contributed by atoms with Crippen LogP contribution in [0.25, 0.3) is 0 Å². The first-order valence-corrected chi connectivity index (χ1v) is 8.41. The van der Waals surface area contributed by atoms with Crippen molar-refractivity contribution in [2.45, 2.75) is 44.2 Å². The summed E-state index contributed by atoms with van der Waals surface area (Å²) in [6.45, 7) is 0.377. The number of hydrogen-bond donors (Lipinski definition) is 2. The summed E-state index contributed by atoms with van der Waals surface area (Å²) >= 11 is 0. The van der Waals surface area contributed by atoms with Crippen LogP contribution in [0.1, 0.15) is 53.6 Å². The molecule has 0 heterocycles. The van der Waals surface area contributed by atoms with Gasteiger partial charge in [-0.3, -0.25) is 4.79 Å². The number of rotatable bonds is 4. The molecule has 1 amide bonds. The summed E-state index contributed by atoms with van der Waals surface area (Å²) in [5, 5.41) is 3.35. The number of benzene rings is 2. The highest BCUT2D eigenvalue weighted by Crippen LogP contribution is 2.37. The third kappa shape index (κ3) is 3.30. The molecule has 3 N–H and O–H groups in total. The average molecular weight is 308 g/mol. The Morgan fingerprint density at radius 2 is 1.61 bits per heavy atom. The number of nitrogens with two attached hydrogens (primary N) is 1. The standard InChI is InChI=1S/C20H24N2O/c21-15-16-9-5-6-12-18(16)19(23)22-20(13-7-2-8-14-20)17-10-3-1-4-11-17/h1,3-6,9-12H,2,7-8,13-15,21H2,(H,22,23). The summed E-state index contributed by atoms with van der Waals surface area (Å²) in [6, 6.07) is 18.0. The molecule has 3 rings (SSSR count). The minimum atomic E-state index is -0.252. The second kappa shape index (κ2) is 6.97. The molecule has 1 saturated carbocycles. The van der Waals surface area contributed by atoms with Crippen LogP contribution >= 0.6 is 0 Å². The van der Waals surface area contributed by atoms with Crippen molar-refractivity contribution in [1.29, 1.82) is 0 Å². The minimum Gasteiger partial charge on any atom is -0.343 e. The van der Waals surface area contributed by atoms with E-state index in [0.717, 1.165) is 31.2 Å². The first-order chi connectivity index (χ1) is 11.2. The van der Waals surface area contributed by atoms with Crippen LogP contribution in [-0.4, -0.2) is 5.91 Å².